The number of thiophene rings is 1. The molecule has 0 bridgehead atoms. The molecule has 3 aromatic rings. The number of urea groups is 1. The summed E-state index contributed by atoms with van der Waals surface area (Å²) in [5.74, 6) is 0. The maximum atomic E-state index is 12.5. The van der Waals surface area contributed by atoms with Gasteiger partial charge in [-0.15, -0.1) is 11.3 Å². The van der Waals surface area contributed by atoms with Crippen LogP contribution in [-0.2, 0) is 12.8 Å². The summed E-state index contributed by atoms with van der Waals surface area (Å²) in [4.78, 5) is 14.0. The first-order valence-electron chi connectivity index (χ1n) is 9.54. The van der Waals surface area contributed by atoms with Gasteiger partial charge in [0.2, 0.25) is 0 Å². The van der Waals surface area contributed by atoms with E-state index in [1.807, 2.05) is 54.7 Å². The number of nitrogens with zero attached hydrogens (tertiary/aromatic N) is 1. The van der Waals surface area contributed by atoms with Crippen molar-refractivity contribution in [2.45, 2.75) is 45.6 Å². The third kappa shape index (κ3) is 3.78. The van der Waals surface area contributed by atoms with E-state index >= 15 is 0 Å². The minimum Gasteiger partial charge on any atom is -0.331 e. The summed E-state index contributed by atoms with van der Waals surface area (Å²) in [6.07, 6.45) is 8.91. The van der Waals surface area contributed by atoms with Crippen LogP contribution in [0.2, 0.25) is 0 Å². The van der Waals surface area contributed by atoms with Gasteiger partial charge in [-0.1, -0.05) is 17.7 Å². The standard InChI is InChI=1S/C22H25N3OS/c1-15-9-11-17(12-10-15)24-22(26)23-16(2)20-18-7-3-4-8-19(18)27-21(20)25-13-5-6-14-25/h5-6,9-14,16H,3-4,7-8H2,1-2H3,(H2,23,24,26)/t16-/m1/s1. The highest BCUT2D eigenvalue weighted by atomic mass is 32.1. The molecular weight excluding hydrogens is 354 g/mol. The highest BCUT2D eigenvalue weighted by Crippen LogP contribution is 2.40. The van der Waals surface area contributed by atoms with Crippen molar-refractivity contribution >= 4 is 23.1 Å². The molecule has 1 aliphatic rings. The summed E-state index contributed by atoms with van der Waals surface area (Å²) < 4.78 is 2.17. The van der Waals surface area contributed by atoms with Crippen molar-refractivity contribution in [3.8, 4) is 5.00 Å². The minimum atomic E-state index is -0.166. The first-order chi connectivity index (χ1) is 13.1. The maximum Gasteiger partial charge on any atom is 0.319 e. The second-order valence-electron chi connectivity index (χ2n) is 7.21. The average Bonchev–Trinajstić information content (AvgIpc) is 3.30. The Bertz CT molecular complexity index is 925. The number of hydrogen-bond acceptors (Lipinski definition) is 2. The van der Waals surface area contributed by atoms with Crippen molar-refractivity contribution in [3.05, 3.63) is 70.4 Å². The topological polar surface area (TPSA) is 46.1 Å². The van der Waals surface area contributed by atoms with Crippen molar-refractivity contribution in [2.24, 2.45) is 0 Å². The van der Waals surface area contributed by atoms with Gasteiger partial charge in [0.25, 0.3) is 0 Å². The van der Waals surface area contributed by atoms with Crippen LogP contribution < -0.4 is 10.6 Å². The summed E-state index contributed by atoms with van der Waals surface area (Å²) in [7, 11) is 0. The molecule has 0 spiro atoms. The number of fused-ring (bicyclic) bond motifs is 1. The van der Waals surface area contributed by atoms with Crippen molar-refractivity contribution in [1.82, 2.24) is 9.88 Å². The SMILES string of the molecule is Cc1ccc(NC(=O)N[C@H](C)c2c(-n3cccc3)sc3c2CCCC3)cc1. The number of rotatable bonds is 4. The van der Waals surface area contributed by atoms with E-state index in [-0.39, 0.29) is 12.1 Å². The Kier molecular flexibility index (Phi) is 5.03. The van der Waals surface area contributed by atoms with Crippen LogP contribution in [0.25, 0.3) is 5.00 Å². The number of hydrogen-bond donors (Lipinski definition) is 2. The predicted molar refractivity (Wildman–Crippen MR) is 112 cm³/mol. The lowest BCUT2D eigenvalue weighted by Crippen LogP contribution is -2.32. The highest BCUT2D eigenvalue weighted by molar-refractivity contribution is 7.15. The van der Waals surface area contributed by atoms with E-state index < -0.39 is 0 Å². The minimum absolute atomic E-state index is 0.0500. The zero-order chi connectivity index (χ0) is 18.8. The molecule has 4 rings (SSSR count). The van der Waals surface area contributed by atoms with Crippen LogP contribution in [-0.4, -0.2) is 10.6 Å². The molecule has 0 unspecified atom stereocenters. The molecule has 1 aromatic carbocycles. The molecule has 2 N–H and O–H groups in total. The van der Waals surface area contributed by atoms with Crippen LogP contribution in [0.3, 0.4) is 0 Å². The van der Waals surface area contributed by atoms with Gasteiger partial charge in [-0.25, -0.2) is 4.79 Å². The smallest absolute Gasteiger partial charge is 0.319 e. The van der Waals surface area contributed by atoms with Crippen LogP contribution in [0.5, 0.6) is 0 Å². The van der Waals surface area contributed by atoms with E-state index in [1.54, 1.807) is 0 Å². The lowest BCUT2D eigenvalue weighted by Gasteiger charge is -2.20. The van der Waals surface area contributed by atoms with E-state index in [0.717, 1.165) is 18.5 Å². The van der Waals surface area contributed by atoms with Crippen LogP contribution in [0.1, 0.15) is 47.4 Å². The Labute approximate surface area is 164 Å². The molecular formula is C22H25N3OS. The molecule has 1 aliphatic carbocycles. The first-order valence-corrected chi connectivity index (χ1v) is 10.4. The van der Waals surface area contributed by atoms with Crippen LogP contribution in [0.15, 0.2) is 48.8 Å². The molecule has 0 radical (unpaired) electrons. The zero-order valence-electron chi connectivity index (χ0n) is 15.8. The molecule has 27 heavy (non-hydrogen) atoms. The maximum absolute atomic E-state index is 12.5. The van der Waals surface area contributed by atoms with E-state index in [2.05, 4.69) is 34.5 Å². The quantitative estimate of drug-likeness (QED) is 0.608. The Morgan fingerprint density at radius 1 is 1.11 bits per heavy atom. The monoisotopic (exact) mass is 379 g/mol. The first kappa shape index (κ1) is 17.9. The molecule has 4 nitrogen and oxygen atoms in total. The molecule has 5 heteroatoms. The fourth-order valence-electron chi connectivity index (χ4n) is 3.76. The van der Waals surface area contributed by atoms with Gasteiger partial charge >= 0.3 is 6.03 Å². The number of aromatic nitrogens is 1. The summed E-state index contributed by atoms with van der Waals surface area (Å²) in [5, 5.41) is 7.32. The van der Waals surface area contributed by atoms with E-state index in [1.165, 1.54) is 39.4 Å². The third-order valence-corrected chi connectivity index (χ3v) is 6.44. The number of anilines is 1. The fourth-order valence-corrected chi connectivity index (χ4v) is 5.21. The normalized spacial score (nSPS) is 14.4. The van der Waals surface area contributed by atoms with Crippen molar-refractivity contribution < 1.29 is 4.79 Å². The van der Waals surface area contributed by atoms with Crippen LogP contribution >= 0.6 is 11.3 Å². The molecule has 0 fully saturated rings. The van der Waals surface area contributed by atoms with Crippen molar-refractivity contribution in [2.75, 3.05) is 5.32 Å². The molecule has 2 heterocycles. The molecule has 0 saturated carbocycles. The van der Waals surface area contributed by atoms with Crippen LogP contribution in [0.4, 0.5) is 10.5 Å². The Balaban J connectivity index is 1.57. The average molecular weight is 380 g/mol. The summed E-state index contributed by atoms with van der Waals surface area (Å²) >= 11 is 1.87. The van der Waals surface area contributed by atoms with Gasteiger partial charge in [-0.05, 0) is 69.4 Å². The molecule has 140 valence electrons. The number of benzene rings is 1. The number of carbonyl (C=O) groups excluding carboxylic acids is 1. The van der Waals surface area contributed by atoms with Crippen molar-refractivity contribution in [3.63, 3.8) is 0 Å². The largest absolute Gasteiger partial charge is 0.331 e. The summed E-state index contributed by atoms with van der Waals surface area (Å²) in [5.41, 5.74) is 4.70. The van der Waals surface area contributed by atoms with Gasteiger partial charge in [0.05, 0.1) is 6.04 Å². The molecule has 2 aromatic heterocycles. The molecule has 2 amide bonds. The lowest BCUT2D eigenvalue weighted by atomic mass is 9.93. The van der Waals surface area contributed by atoms with Crippen molar-refractivity contribution in [1.29, 1.82) is 0 Å². The summed E-state index contributed by atoms with van der Waals surface area (Å²) in [6.45, 7) is 4.12. The van der Waals surface area contributed by atoms with Gasteiger partial charge in [0, 0.05) is 28.5 Å². The third-order valence-electron chi connectivity index (χ3n) is 5.12. The van der Waals surface area contributed by atoms with Gasteiger partial charge in [-0.3, -0.25) is 0 Å². The van der Waals surface area contributed by atoms with Gasteiger partial charge in [0.1, 0.15) is 5.00 Å². The Morgan fingerprint density at radius 2 is 1.81 bits per heavy atom. The fraction of sp³-hybridized carbons (Fsp3) is 0.318. The number of aryl methyl sites for hydroxylation is 2. The van der Waals surface area contributed by atoms with E-state index in [0.29, 0.717) is 0 Å². The van der Waals surface area contributed by atoms with Crippen LogP contribution in [0, 0.1) is 6.92 Å². The lowest BCUT2D eigenvalue weighted by molar-refractivity contribution is 0.249. The molecule has 1 atom stereocenters. The number of carbonyl (C=O) groups is 1. The Hall–Kier alpha value is -2.53. The zero-order valence-corrected chi connectivity index (χ0v) is 16.6. The highest BCUT2D eigenvalue weighted by Gasteiger charge is 2.25. The van der Waals surface area contributed by atoms with Gasteiger partial charge in [0.15, 0.2) is 0 Å². The van der Waals surface area contributed by atoms with E-state index in [4.69, 9.17) is 0 Å². The number of nitrogens with one attached hydrogen (secondary N) is 2. The predicted octanol–water partition coefficient (Wildman–Crippen LogP) is 5.61. The second kappa shape index (κ2) is 7.61. The Morgan fingerprint density at radius 3 is 2.56 bits per heavy atom. The second-order valence-corrected chi connectivity index (χ2v) is 8.29. The summed E-state index contributed by atoms with van der Waals surface area (Å²) in [6, 6.07) is 11.7. The molecule has 0 saturated heterocycles. The van der Waals surface area contributed by atoms with Gasteiger partial charge in [-0.2, -0.15) is 0 Å². The van der Waals surface area contributed by atoms with E-state index in [9.17, 15) is 4.79 Å². The number of amides is 2. The van der Waals surface area contributed by atoms with Gasteiger partial charge < -0.3 is 15.2 Å². The molecule has 0 aliphatic heterocycles.